The number of hydrogen-bond donors (Lipinski definition) is 1. The number of benzene rings is 3. The Morgan fingerprint density at radius 1 is 0.918 bits per heavy atom. The number of halogens is 4. The van der Waals surface area contributed by atoms with Gasteiger partial charge in [0.2, 0.25) is 11.8 Å². The molecule has 49 heavy (non-hydrogen) atoms. The van der Waals surface area contributed by atoms with E-state index in [2.05, 4.69) is 32.1 Å². The van der Waals surface area contributed by atoms with Crippen molar-refractivity contribution in [2.24, 2.45) is 0 Å². The van der Waals surface area contributed by atoms with Gasteiger partial charge in [-0.2, -0.15) is 13.2 Å². The zero-order valence-corrected chi connectivity index (χ0v) is 29.3. The van der Waals surface area contributed by atoms with Crippen molar-refractivity contribution in [3.05, 3.63) is 106 Å². The number of fused-ring (bicyclic) bond motifs is 1. The zero-order chi connectivity index (χ0) is 35.1. The standard InChI is InChI=1S/C38H47ClF3N5O2/c1-4-45(5-2)26-35(31-12-8-9-13-32(31)38(40,41)42)46-20-22-47(23-21-46)37(49)33(24-27-14-16-29(39)17-15-27)43-36(48)25-34-30-11-7-6-10-28(30)18-19-44(34)3/h6-17,33-35H,4-5,18-26H2,1-3H3,(H,43,48)/t33-,34?,35?/m1/s1. The van der Waals surface area contributed by atoms with Gasteiger partial charge in [-0.15, -0.1) is 0 Å². The van der Waals surface area contributed by atoms with E-state index in [1.165, 1.54) is 11.6 Å². The molecule has 2 amide bonds. The van der Waals surface area contributed by atoms with Crippen LogP contribution in [0, 0.1) is 0 Å². The summed E-state index contributed by atoms with van der Waals surface area (Å²) in [7, 11) is 2.02. The van der Waals surface area contributed by atoms with Crippen LogP contribution in [-0.2, 0) is 28.6 Å². The van der Waals surface area contributed by atoms with E-state index in [1.807, 2.05) is 45.2 Å². The van der Waals surface area contributed by atoms with Crippen molar-refractivity contribution in [1.29, 1.82) is 0 Å². The van der Waals surface area contributed by atoms with Gasteiger partial charge in [-0.3, -0.25) is 19.4 Å². The lowest BCUT2D eigenvalue weighted by Gasteiger charge is -2.42. The Hall–Kier alpha value is -3.44. The summed E-state index contributed by atoms with van der Waals surface area (Å²) >= 11 is 6.13. The molecule has 3 atom stereocenters. The minimum Gasteiger partial charge on any atom is -0.344 e. The maximum Gasteiger partial charge on any atom is 0.416 e. The minimum absolute atomic E-state index is 0.0953. The molecule has 2 aliphatic heterocycles. The maximum atomic E-state index is 14.2. The Morgan fingerprint density at radius 2 is 1.57 bits per heavy atom. The van der Waals surface area contributed by atoms with Crippen LogP contribution in [0.1, 0.15) is 60.2 Å². The molecule has 0 bridgehead atoms. The lowest BCUT2D eigenvalue weighted by atomic mass is 9.91. The number of rotatable bonds is 12. The van der Waals surface area contributed by atoms with Gasteiger partial charge in [0.1, 0.15) is 6.04 Å². The van der Waals surface area contributed by atoms with Crippen molar-refractivity contribution in [3.8, 4) is 0 Å². The van der Waals surface area contributed by atoms with Crippen LogP contribution >= 0.6 is 11.6 Å². The van der Waals surface area contributed by atoms with Crippen molar-refractivity contribution in [2.45, 2.75) is 57.4 Å². The van der Waals surface area contributed by atoms with E-state index in [-0.39, 0.29) is 29.8 Å². The molecule has 5 rings (SSSR count). The summed E-state index contributed by atoms with van der Waals surface area (Å²) in [5.74, 6) is -0.404. The lowest BCUT2D eigenvalue weighted by Crippen LogP contribution is -2.56. The fraction of sp³-hybridized carbons (Fsp3) is 0.474. The fourth-order valence-corrected chi connectivity index (χ4v) is 7.31. The highest BCUT2D eigenvalue weighted by molar-refractivity contribution is 6.30. The van der Waals surface area contributed by atoms with Crippen LogP contribution in [0.5, 0.6) is 0 Å². The molecule has 264 valence electrons. The van der Waals surface area contributed by atoms with Crippen LogP contribution in [0.25, 0.3) is 0 Å². The van der Waals surface area contributed by atoms with Gasteiger partial charge in [0.15, 0.2) is 0 Å². The van der Waals surface area contributed by atoms with Gasteiger partial charge in [0.05, 0.1) is 5.56 Å². The molecule has 1 fully saturated rings. The third kappa shape index (κ3) is 9.22. The first kappa shape index (κ1) is 36.8. The Balaban J connectivity index is 1.32. The number of nitrogens with one attached hydrogen (secondary N) is 1. The Kier molecular flexibility index (Phi) is 12.4. The number of carbonyl (C=O) groups excluding carboxylic acids is 2. The zero-order valence-electron chi connectivity index (χ0n) is 28.6. The lowest BCUT2D eigenvalue weighted by molar-refractivity contribution is -0.139. The molecule has 0 spiro atoms. The predicted molar refractivity (Wildman–Crippen MR) is 187 cm³/mol. The van der Waals surface area contributed by atoms with E-state index < -0.39 is 23.8 Å². The van der Waals surface area contributed by atoms with Crippen LogP contribution in [-0.4, -0.2) is 96.9 Å². The molecule has 2 unspecified atom stereocenters. The molecule has 2 heterocycles. The molecule has 1 N–H and O–H groups in total. The summed E-state index contributed by atoms with van der Waals surface area (Å²) in [6.45, 7) is 8.24. The molecule has 2 aliphatic rings. The van der Waals surface area contributed by atoms with Gasteiger partial charge in [0, 0.05) is 69.2 Å². The third-order valence-electron chi connectivity index (χ3n) is 10.1. The molecule has 0 radical (unpaired) electrons. The summed E-state index contributed by atoms with van der Waals surface area (Å²) in [6.07, 6.45) is -3.04. The van der Waals surface area contributed by atoms with Crippen LogP contribution in [0.3, 0.4) is 0 Å². The smallest absolute Gasteiger partial charge is 0.344 e. The van der Waals surface area contributed by atoms with Crippen LogP contribution in [0.15, 0.2) is 72.8 Å². The quantitative estimate of drug-likeness (QED) is 0.243. The first-order valence-electron chi connectivity index (χ1n) is 17.2. The fourth-order valence-electron chi connectivity index (χ4n) is 7.18. The van der Waals surface area contributed by atoms with E-state index in [0.29, 0.717) is 57.3 Å². The normalized spacial score (nSPS) is 18.6. The second kappa shape index (κ2) is 16.5. The Morgan fingerprint density at radius 3 is 2.24 bits per heavy atom. The first-order chi connectivity index (χ1) is 23.5. The van der Waals surface area contributed by atoms with Crippen molar-refractivity contribution in [3.63, 3.8) is 0 Å². The number of nitrogens with zero attached hydrogens (tertiary/aromatic N) is 4. The van der Waals surface area contributed by atoms with E-state index in [4.69, 9.17) is 11.6 Å². The Bertz CT molecular complexity index is 1560. The second-order valence-corrected chi connectivity index (χ2v) is 13.5. The average Bonchev–Trinajstić information content (AvgIpc) is 3.10. The van der Waals surface area contributed by atoms with Gasteiger partial charge in [-0.05, 0) is 67.0 Å². The van der Waals surface area contributed by atoms with Crippen LogP contribution in [0.2, 0.25) is 5.02 Å². The third-order valence-corrected chi connectivity index (χ3v) is 10.3. The molecule has 11 heteroatoms. The molecule has 0 aromatic heterocycles. The second-order valence-electron chi connectivity index (χ2n) is 13.0. The van der Waals surface area contributed by atoms with Crippen molar-refractivity contribution >= 4 is 23.4 Å². The van der Waals surface area contributed by atoms with E-state index in [0.717, 1.165) is 30.2 Å². The van der Waals surface area contributed by atoms with Crippen molar-refractivity contribution < 1.29 is 22.8 Å². The van der Waals surface area contributed by atoms with Gasteiger partial charge in [0.25, 0.3) is 0 Å². The first-order valence-corrected chi connectivity index (χ1v) is 17.6. The summed E-state index contributed by atoms with van der Waals surface area (Å²) in [4.78, 5) is 35.9. The van der Waals surface area contributed by atoms with Gasteiger partial charge in [-0.25, -0.2) is 0 Å². The number of hydrogen-bond acceptors (Lipinski definition) is 5. The van der Waals surface area contributed by atoms with Crippen LogP contribution < -0.4 is 5.32 Å². The van der Waals surface area contributed by atoms with Crippen molar-refractivity contribution in [2.75, 3.05) is 59.4 Å². The summed E-state index contributed by atoms with van der Waals surface area (Å²) < 4.78 is 42.5. The summed E-state index contributed by atoms with van der Waals surface area (Å²) in [6, 6.07) is 19.8. The minimum atomic E-state index is -4.47. The van der Waals surface area contributed by atoms with Gasteiger partial charge in [-0.1, -0.05) is 80.0 Å². The predicted octanol–water partition coefficient (Wildman–Crippen LogP) is 6.23. The molecule has 3 aromatic rings. The number of piperazine rings is 1. The molecule has 1 saturated heterocycles. The van der Waals surface area contributed by atoms with Gasteiger partial charge < -0.3 is 15.1 Å². The molecule has 0 aliphatic carbocycles. The highest BCUT2D eigenvalue weighted by Crippen LogP contribution is 2.37. The molecule has 0 saturated carbocycles. The molecular formula is C38H47ClF3N5O2. The monoisotopic (exact) mass is 697 g/mol. The van der Waals surface area contributed by atoms with Gasteiger partial charge >= 0.3 is 6.18 Å². The molecule has 3 aromatic carbocycles. The summed E-state index contributed by atoms with van der Waals surface area (Å²) in [5.41, 5.74) is 2.87. The average molecular weight is 698 g/mol. The van der Waals surface area contributed by atoms with Crippen LogP contribution in [0.4, 0.5) is 13.2 Å². The van der Waals surface area contributed by atoms with E-state index in [1.54, 1.807) is 29.2 Å². The largest absolute Gasteiger partial charge is 0.416 e. The van der Waals surface area contributed by atoms with E-state index in [9.17, 15) is 22.8 Å². The molecule has 7 nitrogen and oxygen atoms in total. The number of likely N-dealkylation sites (N-methyl/N-ethyl adjacent to an activating group) is 2. The summed E-state index contributed by atoms with van der Waals surface area (Å²) in [5, 5.41) is 3.65. The topological polar surface area (TPSA) is 59.1 Å². The highest BCUT2D eigenvalue weighted by Gasteiger charge is 2.38. The highest BCUT2D eigenvalue weighted by atomic mass is 35.5. The number of amides is 2. The van der Waals surface area contributed by atoms with Crippen molar-refractivity contribution in [1.82, 2.24) is 24.9 Å². The number of carbonyl (C=O) groups is 2. The molecular weight excluding hydrogens is 651 g/mol. The maximum absolute atomic E-state index is 14.2. The SMILES string of the molecule is CCN(CC)CC(c1ccccc1C(F)(F)F)N1CCN(C(=O)[C@@H](Cc2ccc(Cl)cc2)NC(=O)CC2c3ccccc3CCN2C)CC1. The van der Waals surface area contributed by atoms with E-state index >= 15 is 0 Å². The Labute approximate surface area is 293 Å². The number of alkyl halides is 3.